The van der Waals surface area contributed by atoms with Gasteiger partial charge in [-0.1, -0.05) is 23.8 Å². The quantitative estimate of drug-likeness (QED) is 0.609. The molecule has 1 rings (SSSR count). The summed E-state index contributed by atoms with van der Waals surface area (Å²) >= 11 is 6.06. The molecular weight excluding hydrogens is 196 g/mol. The lowest BCUT2D eigenvalue weighted by Gasteiger charge is -2.07. The molecule has 1 N–H and O–H groups in total. The summed E-state index contributed by atoms with van der Waals surface area (Å²) < 4.78 is 0. The van der Waals surface area contributed by atoms with Crippen LogP contribution in [-0.2, 0) is 0 Å². The fraction of sp³-hybridized carbons (Fsp3) is 0.364. The first-order valence-corrected chi connectivity index (χ1v) is 5.09. The van der Waals surface area contributed by atoms with E-state index < -0.39 is 0 Å². The van der Waals surface area contributed by atoms with Crippen LogP contribution in [0, 0.1) is 6.92 Å². The molecule has 1 aromatic heterocycles. The van der Waals surface area contributed by atoms with Gasteiger partial charge in [0, 0.05) is 12.7 Å². The van der Waals surface area contributed by atoms with Crippen LogP contribution in [0.5, 0.6) is 0 Å². The standard InChI is InChI=1S/C11H15ClN2/c1-3-4-5-7-13-11-10(12)9(2)6-8-14-11/h3-4,6,8H,5,7H2,1-2H3,(H,13,14)/b4-3+. The van der Waals surface area contributed by atoms with Gasteiger partial charge >= 0.3 is 0 Å². The monoisotopic (exact) mass is 210 g/mol. The number of allylic oxidation sites excluding steroid dienone is 1. The first-order valence-electron chi connectivity index (χ1n) is 4.72. The lowest BCUT2D eigenvalue weighted by molar-refractivity contribution is 1.04. The molecule has 0 radical (unpaired) electrons. The van der Waals surface area contributed by atoms with Crippen LogP contribution in [0.4, 0.5) is 5.82 Å². The van der Waals surface area contributed by atoms with E-state index in [0.29, 0.717) is 5.02 Å². The third-order valence-electron chi connectivity index (χ3n) is 1.92. The molecule has 0 aliphatic rings. The Labute approximate surface area is 90.0 Å². The predicted molar refractivity (Wildman–Crippen MR) is 61.9 cm³/mol. The Morgan fingerprint density at radius 3 is 3.07 bits per heavy atom. The van der Waals surface area contributed by atoms with E-state index in [0.717, 1.165) is 24.3 Å². The van der Waals surface area contributed by atoms with Crippen molar-refractivity contribution in [2.75, 3.05) is 11.9 Å². The minimum Gasteiger partial charge on any atom is -0.369 e. The van der Waals surface area contributed by atoms with E-state index in [1.165, 1.54) is 0 Å². The normalized spacial score (nSPS) is 10.8. The van der Waals surface area contributed by atoms with Gasteiger partial charge in [0.1, 0.15) is 5.82 Å². The van der Waals surface area contributed by atoms with Gasteiger partial charge in [-0.25, -0.2) is 4.98 Å². The molecule has 3 heteroatoms. The molecule has 0 aromatic carbocycles. The van der Waals surface area contributed by atoms with E-state index in [-0.39, 0.29) is 0 Å². The van der Waals surface area contributed by atoms with Gasteiger partial charge in [0.05, 0.1) is 5.02 Å². The Bertz CT molecular complexity index is 321. The molecule has 0 unspecified atom stereocenters. The molecule has 0 atom stereocenters. The summed E-state index contributed by atoms with van der Waals surface area (Å²) in [5.41, 5.74) is 1.05. The highest BCUT2D eigenvalue weighted by Gasteiger charge is 2.01. The zero-order valence-electron chi connectivity index (χ0n) is 8.55. The molecule has 14 heavy (non-hydrogen) atoms. The Morgan fingerprint density at radius 2 is 2.36 bits per heavy atom. The van der Waals surface area contributed by atoms with Crippen LogP contribution in [0.1, 0.15) is 18.9 Å². The molecule has 0 saturated carbocycles. The summed E-state index contributed by atoms with van der Waals surface area (Å²) in [7, 11) is 0. The lowest BCUT2D eigenvalue weighted by atomic mass is 10.3. The summed E-state index contributed by atoms with van der Waals surface area (Å²) in [6, 6.07) is 1.90. The van der Waals surface area contributed by atoms with Gasteiger partial charge in [-0.2, -0.15) is 0 Å². The van der Waals surface area contributed by atoms with Crippen LogP contribution in [0.25, 0.3) is 0 Å². The first-order chi connectivity index (χ1) is 6.75. The number of anilines is 1. The molecule has 0 aliphatic carbocycles. The minimum absolute atomic E-state index is 0.716. The SMILES string of the molecule is C/C=C/CCNc1nccc(C)c1Cl. The van der Waals surface area contributed by atoms with Gasteiger partial charge in [0.25, 0.3) is 0 Å². The van der Waals surface area contributed by atoms with Crippen LogP contribution in [-0.4, -0.2) is 11.5 Å². The molecule has 1 heterocycles. The minimum atomic E-state index is 0.716. The van der Waals surface area contributed by atoms with Crippen molar-refractivity contribution in [2.45, 2.75) is 20.3 Å². The molecular formula is C11H15ClN2. The van der Waals surface area contributed by atoms with Crippen LogP contribution < -0.4 is 5.32 Å². The van der Waals surface area contributed by atoms with Crippen molar-refractivity contribution >= 4 is 17.4 Å². The van der Waals surface area contributed by atoms with Crippen LogP contribution in [0.3, 0.4) is 0 Å². The Kier molecular flexibility index (Phi) is 4.47. The van der Waals surface area contributed by atoms with Gasteiger partial charge in [0.15, 0.2) is 0 Å². The largest absolute Gasteiger partial charge is 0.369 e. The molecule has 0 bridgehead atoms. The van der Waals surface area contributed by atoms with E-state index >= 15 is 0 Å². The molecule has 0 aliphatic heterocycles. The number of aromatic nitrogens is 1. The van der Waals surface area contributed by atoms with E-state index in [4.69, 9.17) is 11.6 Å². The van der Waals surface area contributed by atoms with Crippen molar-refractivity contribution in [1.29, 1.82) is 0 Å². The summed E-state index contributed by atoms with van der Waals surface area (Å²) in [5, 5.41) is 3.91. The average molecular weight is 211 g/mol. The number of aryl methyl sites for hydroxylation is 1. The highest BCUT2D eigenvalue weighted by Crippen LogP contribution is 2.22. The molecule has 0 amide bonds. The van der Waals surface area contributed by atoms with Crippen LogP contribution >= 0.6 is 11.6 Å². The zero-order chi connectivity index (χ0) is 10.4. The second-order valence-electron chi connectivity index (χ2n) is 3.07. The van der Waals surface area contributed by atoms with Crippen molar-refractivity contribution in [2.24, 2.45) is 0 Å². The third-order valence-corrected chi connectivity index (χ3v) is 2.40. The molecule has 0 saturated heterocycles. The molecule has 0 spiro atoms. The average Bonchev–Trinajstić information content (AvgIpc) is 2.19. The smallest absolute Gasteiger partial charge is 0.145 e. The summed E-state index contributed by atoms with van der Waals surface area (Å²) in [4.78, 5) is 4.17. The zero-order valence-corrected chi connectivity index (χ0v) is 9.30. The van der Waals surface area contributed by atoms with E-state index in [2.05, 4.69) is 16.4 Å². The van der Waals surface area contributed by atoms with Crippen molar-refractivity contribution < 1.29 is 0 Å². The lowest BCUT2D eigenvalue weighted by Crippen LogP contribution is -2.03. The van der Waals surface area contributed by atoms with Crippen molar-refractivity contribution in [3.05, 3.63) is 35.0 Å². The number of pyridine rings is 1. The fourth-order valence-corrected chi connectivity index (χ4v) is 1.28. The van der Waals surface area contributed by atoms with Crippen molar-refractivity contribution in [1.82, 2.24) is 4.98 Å². The Morgan fingerprint density at radius 1 is 1.57 bits per heavy atom. The summed E-state index contributed by atoms with van der Waals surface area (Å²) in [5.74, 6) is 0.774. The highest BCUT2D eigenvalue weighted by atomic mass is 35.5. The van der Waals surface area contributed by atoms with Crippen LogP contribution in [0.2, 0.25) is 5.02 Å². The van der Waals surface area contributed by atoms with Gasteiger partial charge in [-0.15, -0.1) is 0 Å². The van der Waals surface area contributed by atoms with Gasteiger partial charge < -0.3 is 5.32 Å². The van der Waals surface area contributed by atoms with Gasteiger partial charge in [0.2, 0.25) is 0 Å². The van der Waals surface area contributed by atoms with E-state index in [9.17, 15) is 0 Å². The number of hydrogen-bond donors (Lipinski definition) is 1. The molecule has 0 fully saturated rings. The number of rotatable bonds is 4. The van der Waals surface area contributed by atoms with Gasteiger partial charge in [-0.05, 0) is 31.9 Å². The second kappa shape index (κ2) is 5.66. The maximum absolute atomic E-state index is 6.06. The fourth-order valence-electron chi connectivity index (χ4n) is 1.10. The number of nitrogens with zero attached hydrogens (tertiary/aromatic N) is 1. The number of hydrogen-bond acceptors (Lipinski definition) is 2. The topological polar surface area (TPSA) is 24.9 Å². The summed E-state index contributed by atoms with van der Waals surface area (Å²) in [6.45, 7) is 4.85. The first kappa shape index (κ1) is 11.1. The molecule has 1 aromatic rings. The van der Waals surface area contributed by atoms with E-state index in [1.54, 1.807) is 6.20 Å². The number of nitrogens with one attached hydrogen (secondary N) is 1. The molecule has 2 nitrogen and oxygen atoms in total. The van der Waals surface area contributed by atoms with Crippen molar-refractivity contribution in [3.8, 4) is 0 Å². The Balaban J connectivity index is 2.54. The molecule has 76 valence electrons. The second-order valence-corrected chi connectivity index (χ2v) is 3.45. The maximum atomic E-state index is 6.06. The number of halogens is 1. The van der Waals surface area contributed by atoms with Crippen molar-refractivity contribution in [3.63, 3.8) is 0 Å². The Hall–Kier alpha value is -1.02. The summed E-state index contributed by atoms with van der Waals surface area (Å²) in [6.07, 6.45) is 6.89. The van der Waals surface area contributed by atoms with Crippen LogP contribution in [0.15, 0.2) is 24.4 Å². The van der Waals surface area contributed by atoms with Gasteiger partial charge in [-0.3, -0.25) is 0 Å². The highest BCUT2D eigenvalue weighted by molar-refractivity contribution is 6.33. The predicted octanol–water partition coefficient (Wildman–Crippen LogP) is 3.42. The van der Waals surface area contributed by atoms with E-state index in [1.807, 2.05) is 26.0 Å². The maximum Gasteiger partial charge on any atom is 0.145 e. The third kappa shape index (κ3) is 3.04.